The quantitative estimate of drug-likeness (QED) is 0.772. The Bertz CT molecular complexity index is 491. The molecular formula is C14H18BrN3O2. The van der Waals surface area contributed by atoms with Crippen LogP contribution in [-0.2, 0) is 11.2 Å². The number of nitrogens with one attached hydrogen (secondary N) is 2. The van der Waals surface area contributed by atoms with Crippen LogP contribution in [0, 0.1) is 0 Å². The van der Waals surface area contributed by atoms with Crippen LogP contribution in [0.25, 0.3) is 0 Å². The number of amides is 3. The molecule has 3 amide bonds. The number of hydrogen-bond acceptors (Lipinski definition) is 3. The molecule has 0 spiro atoms. The Balaban J connectivity index is 1.74. The van der Waals surface area contributed by atoms with E-state index in [2.05, 4.69) is 45.6 Å². The summed E-state index contributed by atoms with van der Waals surface area (Å²) in [6.07, 6.45) is 0.902. The second-order valence-electron chi connectivity index (χ2n) is 4.89. The number of imide groups is 1. The van der Waals surface area contributed by atoms with Gasteiger partial charge in [-0.05, 0) is 31.0 Å². The van der Waals surface area contributed by atoms with Crippen LogP contribution in [0.1, 0.15) is 12.5 Å². The molecule has 6 heteroatoms. The van der Waals surface area contributed by atoms with Crippen molar-refractivity contribution in [3.8, 4) is 0 Å². The molecule has 5 nitrogen and oxygen atoms in total. The second kappa shape index (κ2) is 6.85. The maximum absolute atomic E-state index is 11.4. The smallest absolute Gasteiger partial charge is 0.324 e. The Morgan fingerprint density at radius 3 is 2.90 bits per heavy atom. The van der Waals surface area contributed by atoms with Crippen LogP contribution in [0.15, 0.2) is 28.7 Å². The van der Waals surface area contributed by atoms with E-state index in [9.17, 15) is 9.59 Å². The Morgan fingerprint density at radius 2 is 2.25 bits per heavy atom. The van der Waals surface area contributed by atoms with E-state index in [0.29, 0.717) is 13.1 Å². The minimum Gasteiger partial charge on any atom is -0.329 e. The molecule has 1 saturated heterocycles. The summed E-state index contributed by atoms with van der Waals surface area (Å²) < 4.78 is 1.07. The predicted octanol–water partition coefficient (Wildman–Crippen LogP) is 1.52. The Kier molecular flexibility index (Phi) is 5.14. The maximum Gasteiger partial charge on any atom is 0.324 e. The largest absolute Gasteiger partial charge is 0.329 e. The summed E-state index contributed by atoms with van der Waals surface area (Å²) in [5.74, 6) is -0.156. The van der Waals surface area contributed by atoms with E-state index in [4.69, 9.17) is 0 Å². The normalized spacial score (nSPS) is 16.4. The number of halogens is 1. The standard InChI is InChI=1S/C14H18BrN3O2/c1-10(7-11-3-2-4-12(15)8-11)16-5-6-18-13(19)9-17-14(18)20/h2-4,8,10,16H,5-7,9H2,1H3,(H,17,20)/t10-/m0/s1. The molecule has 0 bridgehead atoms. The molecule has 1 heterocycles. The van der Waals surface area contributed by atoms with Crippen molar-refractivity contribution in [3.05, 3.63) is 34.3 Å². The lowest BCUT2D eigenvalue weighted by Gasteiger charge is -2.17. The summed E-state index contributed by atoms with van der Waals surface area (Å²) in [5.41, 5.74) is 1.24. The Hall–Kier alpha value is -1.40. The third-order valence-corrected chi connectivity index (χ3v) is 3.69. The van der Waals surface area contributed by atoms with Crippen LogP contribution in [-0.4, -0.2) is 42.5 Å². The highest BCUT2D eigenvalue weighted by atomic mass is 79.9. The molecule has 1 fully saturated rings. The van der Waals surface area contributed by atoms with Crippen LogP contribution >= 0.6 is 15.9 Å². The SMILES string of the molecule is C[C@@H](Cc1cccc(Br)c1)NCCN1C(=O)CNC1=O. The second-order valence-corrected chi connectivity index (χ2v) is 5.81. The molecular weight excluding hydrogens is 322 g/mol. The van der Waals surface area contributed by atoms with Gasteiger partial charge in [-0.15, -0.1) is 0 Å². The average molecular weight is 340 g/mol. The molecule has 0 aliphatic carbocycles. The highest BCUT2D eigenvalue weighted by molar-refractivity contribution is 9.10. The monoisotopic (exact) mass is 339 g/mol. The van der Waals surface area contributed by atoms with Gasteiger partial charge in [0.1, 0.15) is 0 Å². The van der Waals surface area contributed by atoms with Crippen molar-refractivity contribution in [2.45, 2.75) is 19.4 Å². The fraction of sp³-hybridized carbons (Fsp3) is 0.429. The van der Waals surface area contributed by atoms with Crippen LogP contribution in [0.3, 0.4) is 0 Å². The lowest BCUT2D eigenvalue weighted by molar-refractivity contribution is -0.124. The van der Waals surface area contributed by atoms with E-state index in [-0.39, 0.29) is 24.5 Å². The van der Waals surface area contributed by atoms with Gasteiger partial charge < -0.3 is 10.6 Å². The number of urea groups is 1. The van der Waals surface area contributed by atoms with Crippen LogP contribution in [0.5, 0.6) is 0 Å². The molecule has 1 aliphatic rings. The van der Waals surface area contributed by atoms with E-state index in [1.807, 2.05) is 12.1 Å². The highest BCUT2D eigenvalue weighted by Gasteiger charge is 2.27. The molecule has 1 aliphatic heterocycles. The average Bonchev–Trinajstić information content (AvgIpc) is 2.70. The maximum atomic E-state index is 11.4. The van der Waals surface area contributed by atoms with Crippen molar-refractivity contribution < 1.29 is 9.59 Å². The van der Waals surface area contributed by atoms with Gasteiger partial charge in [0, 0.05) is 23.6 Å². The number of carbonyl (C=O) groups excluding carboxylic acids is 2. The Morgan fingerprint density at radius 1 is 1.45 bits per heavy atom. The topological polar surface area (TPSA) is 61.4 Å². The molecule has 0 radical (unpaired) electrons. The van der Waals surface area contributed by atoms with E-state index < -0.39 is 0 Å². The number of rotatable bonds is 6. The number of hydrogen-bond donors (Lipinski definition) is 2. The van der Waals surface area contributed by atoms with Crippen molar-refractivity contribution in [2.24, 2.45) is 0 Å². The van der Waals surface area contributed by atoms with Gasteiger partial charge in [-0.1, -0.05) is 28.1 Å². The van der Waals surface area contributed by atoms with Gasteiger partial charge in [0.25, 0.3) is 0 Å². The lowest BCUT2D eigenvalue weighted by Crippen LogP contribution is -2.39. The van der Waals surface area contributed by atoms with E-state index in [1.165, 1.54) is 10.5 Å². The first kappa shape index (κ1) is 15.0. The molecule has 1 aromatic carbocycles. The molecule has 0 aromatic heterocycles. The highest BCUT2D eigenvalue weighted by Crippen LogP contribution is 2.13. The molecule has 108 valence electrons. The van der Waals surface area contributed by atoms with Gasteiger partial charge in [-0.3, -0.25) is 9.69 Å². The lowest BCUT2D eigenvalue weighted by atomic mass is 10.1. The van der Waals surface area contributed by atoms with Gasteiger partial charge in [-0.2, -0.15) is 0 Å². The van der Waals surface area contributed by atoms with Gasteiger partial charge in [0.2, 0.25) is 5.91 Å². The third kappa shape index (κ3) is 4.05. The van der Waals surface area contributed by atoms with Crippen molar-refractivity contribution in [1.82, 2.24) is 15.5 Å². The molecule has 1 aromatic rings. The summed E-state index contributed by atoms with van der Waals surface area (Å²) >= 11 is 3.45. The Labute approximate surface area is 126 Å². The summed E-state index contributed by atoms with van der Waals surface area (Å²) in [4.78, 5) is 24.0. The molecule has 20 heavy (non-hydrogen) atoms. The van der Waals surface area contributed by atoms with Crippen molar-refractivity contribution in [1.29, 1.82) is 0 Å². The summed E-state index contributed by atoms with van der Waals surface area (Å²) in [5, 5.41) is 5.84. The van der Waals surface area contributed by atoms with Crippen LogP contribution in [0.4, 0.5) is 4.79 Å². The fourth-order valence-electron chi connectivity index (χ4n) is 2.19. The fourth-order valence-corrected chi connectivity index (χ4v) is 2.64. The van der Waals surface area contributed by atoms with E-state index in [1.54, 1.807) is 0 Å². The molecule has 2 rings (SSSR count). The summed E-state index contributed by atoms with van der Waals surface area (Å²) in [6.45, 7) is 3.22. The van der Waals surface area contributed by atoms with Crippen LogP contribution < -0.4 is 10.6 Å². The first-order valence-electron chi connectivity index (χ1n) is 6.62. The zero-order valence-corrected chi connectivity index (χ0v) is 12.9. The summed E-state index contributed by atoms with van der Waals surface area (Å²) in [7, 11) is 0. The van der Waals surface area contributed by atoms with Gasteiger partial charge >= 0.3 is 6.03 Å². The number of benzene rings is 1. The van der Waals surface area contributed by atoms with Gasteiger partial charge in [0.15, 0.2) is 0 Å². The summed E-state index contributed by atoms with van der Waals surface area (Å²) in [6, 6.07) is 8.18. The van der Waals surface area contributed by atoms with Crippen molar-refractivity contribution >= 4 is 27.9 Å². The molecule has 0 unspecified atom stereocenters. The zero-order chi connectivity index (χ0) is 14.5. The zero-order valence-electron chi connectivity index (χ0n) is 11.4. The first-order chi connectivity index (χ1) is 9.56. The van der Waals surface area contributed by atoms with E-state index >= 15 is 0 Å². The number of nitrogens with zero attached hydrogens (tertiary/aromatic N) is 1. The minimum absolute atomic E-state index is 0.117. The third-order valence-electron chi connectivity index (χ3n) is 3.20. The van der Waals surface area contributed by atoms with Gasteiger partial charge in [-0.25, -0.2) is 4.79 Å². The first-order valence-corrected chi connectivity index (χ1v) is 7.41. The molecule has 0 saturated carbocycles. The predicted molar refractivity (Wildman–Crippen MR) is 80.4 cm³/mol. The van der Waals surface area contributed by atoms with Crippen molar-refractivity contribution in [3.63, 3.8) is 0 Å². The van der Waals surface area contributed by atoms with Gasteiger partial charge in [0.05, 0.1) is 6.54 Å². The number of carbonyl (C=O) groups is 2. The van der Waals surface area contributed by atoms with Crippen molar-refractivity contribution in [2.75, 3.05) is 19.6 Å². The molecule has 1 atom stereocenters. The van der Waals surface area contributed by atoms with Crippen LogP contribution in [0.2, 0.25) is 0 Å². The van der Waals surface area contributed by atoms with E-state index in [0.717, 1.165) is 10.9 Å². The molecule has 2 N–H and O–H groups in total. The minimum atomic E-state index is -0.295.